The van der Waals surface area contributed by atoms with E-state index in [2.05, 4.69) is 36.9 Å². The van der Waals surface area contributed by atoms with Crippen molar-refractivity contribution in [3.8, 4) is 22.8 Å². The number of carbonyl (C=O) groups is 5. The van der Waals surface area contributed by atoms with Gasteiger partial charge in [0.2, 0.25) is 5.91 Å². The van der Waals surface area contributed by atoms with Crippen molar-refractivity contribution >= 4 is 53.1 Å². The molecule has 2 aliphatic heterocycles. The fraction of sp³-hybridized carbons (Fsp3) is 0.578. The van der Waals surface area contributed by atoms with E-state index in [9.17, 15) is 24.0 Å². The average molecular weight is 910 g/mol. The topological polar surface area (TPSA) is 204 Å². The fourth-order valence-corrected chi connectivity index (χ4v) is 9.65. The summed E-state index contributed by atoms with van der Waals surface area (Å²) in [4.78, 5) is 60.8. The maximum absolute atomic E-state index is 12.6. The van der Waals surface area contributed by atoms with Gasteiger partial charge in [-0.05, 0) is 119 Å². The number of benzene rings is 2. The first-order valence-corrected chi connectivity index (χ1v) is 23.8. The SMILES string of the molecule is O=C(CCCC[C@H]1SC[C@@H]2NC(=O)N[C@@H]21)NCCCCCOC(=O)CCCCCn1cc(-c2ccc(OCC(=O)N[C@H]3CC[C@H](NC(=O)COc4ccc(Cl)cc4)CC3)cc2)nn1. The lowest BCUT2D eigenvalue weighted by Crippen LogP contribution is -2.45. The first-order valence-electron chi connectivity index (χ1n) is 22.4. The van der Waals surface area contributed by atoms with Crippen LogP contribution in [-0.4, -0.2) is 106 Å². The number of ether oxygens (including phenoxy) is 3. The number of halogens is 1. The maximum atomic E-state index is 12.6. The summed E-state index contributed by atoms with van der Waals surface area (Å²) in [7, 11) is 0. The number of esters is 1. The molecule has 0 unspecified atom stereocenters. The van der Waals surface area contributed by atoms with Gasteiger partial charge in [0.1, 0.15) is 17.2 Å². The molecule has 3 fully saturated rings. The second-order valence-electron chi connectivity index (χ2n) is 16.4. The number of nitrogens with zero attached hydrogens (tertiary/aromatic N) is 3. The summed E-state index contributed by atoms with van der Waals surface area (Å²) in [6.45, 7) is 1.54. The number of nitrogens with one attached hydrogen (secondary N) is 5. The van der Waals surface area contributed by atoms with E-state index >= 15 is 0 Å². The molecule has 1 aromatic heterocycles. The molecule has 1 aliphatic carbocycles. The van der Waals surface area contributed by atoms with Gasteiger partial charge in [-0.25, -0.2) is 4.79 Å². The second kappa shape index (κ2) is 25.3. The molecule has 342 valence electrons. The number of unbranched alkanes of at least 4 members (excludes halogenated alkanes) is 5. The number of aryl methyl sites for hydroxylation is 1. The van der Waals surface area contributed by atoms with Crippen molar-refractivity contribution in [1.82, 2.24) is 41.6 Å². The number of aromatic nitrogens is 3. The number of fused-ring (bicyclic) bond motifs is 1. The van der Waals surface area contributed by atoms with Crippen LogP contribution in [0.2, 0.25) is 5.02 Å². The molecule has 3 aliphatic rings. The van der Waals surface area contributed by atoms with Gasteiger partial charge >= 0.3 is 12.0 Å². The lowest BCUT2D eigenvalue weighted by molar-refractivity contribution is -0.144. The second-order valence-corrected chi connectivity index (χ2v) is 18.1. The van der Waals surface area contributed by atoms with E-state index in [0.717, 1.165) is 100 Å². The molecule has 3 atom stereocenters. The molecule has 16 nitrogen and oxygen atoms in total. The third-order valence-electron chi connectivity index (χ3n) is 11.5. The Labute approximate surface area is 378 Å². The van der Waals surface area contributed by atoms with Crippen molar-refractivity contribution in [3.05, 3.63) is 59.8 Å². The third-order valence-corrected chi connectivity index (χ3v) is 13.2. The molecule has 18 heteroatoms. The Hall–Kier alpha value is -5.03. The number of urea groups is 1. The number of carbonyl (C=O) groups excluding carboxylic acids is 5. The zero-order chi connectivity index (χ0) is 44.2. The van der Waals surface area contributed by atoms with Crippen LogP contribution in [0.3, 0.4) is 0 Å². The minimum absolute atomic E-state index is 0.0299. The summed E-state index contributed by atoms with van der Waals surface area (Å²) in [5.74, 6) is 1.63. The lowest BCUT2D eigenvalue weighted by atomic mass is 9.91. The summed E-state index contributed by atoms with van der Waals surface area (Å²) in [6.07, 6.45) is 13.6. The van der Waals surface area contributed by atoms with Crippen molar-refractivity contribution < 1.29 is 38.2 Å². The maximum Gasteiger partial charge on any atom is 0.315 e. The van der Waals surface area contributed by atoms with Crippen molar-refractivity contribution in [2.45, 2.75) is 132 Å². The van der Waals surface area contributed by atoms with Gasteiger partial charge in [-0.1, -0.05) is 29.7 Å². The van der Waals surface area contributed by atoms with Crippen LogP contribution in [0.15, 0.2) is 54.7 Å². The molecular formula is C45H61ClN8O8S. The Morgan fingerprint density at radius 1 is 0.762 bits per heavy atom. The molecule has 5 amide bonds. The molecule has 2 saturated heterocycles. The zero-order valence-electron chi connectivity index (χ0n) is 35.8. The fourth-order valence-electron chi connectivity index (χ4n) is 7.98. The van der Waals surface area contributed by atoms with Crippen molar-refractivity contribution in [3.63, 3.8) is 0 Å². The van der Waals surface area contributed by atoms with Crippen LogP contribution in [0, 0.1) is 0 Å². The lowest BCUT2D eigenvalue weighted by Gasteiger charge is -2.29. The number of hydrogen-bond acceptors (Lipinski definition) is 11. The average Bonchev–Trinajstić information content (AvgIpc) is 4.01. The predicted molar refractivity (Wildman–Crippen MR) is 240 cm³/mol. The first kappa shape index (κ1) is 47.4. The highest BCUT2D eigenvalue weighted by Gasteiger charge is 2.42. The van der Waals surface area contributed by atoms with Crippen LogP contribution in [0.4, 0.5) is 4.79 Å². The monoisotopic (exact) mass is 908 g/mol. The van der Waals surface area contributed by atoms with Gasteiger partial charge in [0.15, 0.2) is 13.2 Å². The number of rotatable bonds is 26. The summed E-state index contributed by atoms with van der Waals surface area (Å²) in [5.41, 5.74) is 1.61. The minimum Gasteiger partial charge on any atom is -0.484 e. The molecule has 3 heterocycles. The van der Waals surface area contributed by atoms with E-state index in [-0.39, 0.29) is 67.1 Å². The highest BCUT2D eigenvalue weighted by atomic mass is 35.5. The van der Waals surface area contributed by atoms with E-state index < -0.39 is 0 Å². The molecule has 2 aromatic carbocycles. The quantitative estimate of drug-likeness (QED) is 0.0375. The standard InChI is InChI=1S/C45H61ClN8O8S/c46-32-14-22-36(23-15-32)62-29-42(57)49-34-18-16-33(17-19-34)48-41(56)28-61-35-20-12-31(13-21-35)37-27-54(53-52-37)25-7-1-3-11-43(58)60-26-8-2-6-24-47-40(55)10-5-4-9-39-44-38(30-63-39)50-45(59)51-44/h12-15,20-23,27,33-34,38-39,44H,1-11,16-19,24-26,28-30H2,(H,47,55)(H,48,56)(H,49,57)(H2,50,51,59)/t33-,34-,38-,39+,44-/m0/s1. The largest absolute Gasteiger partial charge is 0.484 e. The Bertz CT molecular complexity index is 1930. The Balaban J connectivity index is 0.725. The normalized spacial score (nSPS) is 20.2. The van der Waals surface area contributed by atoms with Crippen molar-refractivity contribution in [2.75, 3.05) is 32.1 Å². The van der Waals surface area contributed by atoms with E-state index in [1.54, 1.807) is 41.1 Å². The number of amides is 5. The molecule has 0 bridgehead atoms. The third kappa shape index (κ3) is 16.6. The van der Waals surface area contributed by atoms with Gasteiger partial charge in [0, 0.05) is 59.6 Å². The van der Waals surface area contributed by atoms with E-state index in [4.69, 9.17) is 25.8 Å². The van der Waals surface area contributed by atoms with E-state index in [1.165, 1.54) is 0 Å². The van der Waals surface area contributed by atoms with Crippen LogP contribution in [0.5, 0.6) is 11.5 Å². The highest BCUT2D eigenvalue weighted by Crippen LogP contribution is 2.33. The molecule has 0 spiro atoms. The summed E-state index contributed by atoms with van der Waals surface area (Å²) >= 11 is 7.79. The van der Waals surface area contributed by atoms with Gasteiger partial charge < -0.3 is 40.8 Å². The highest BCUT2D eigenvalue weighted by molar-refractivity contribution is 8.00. The van der Waals surface area contributed by atoms with Crippen LogP contribution >= 0.6 is 23.4 Å². The van der Waals surface area contributed by atoms with Crippen LogP contribution < -0.4 is 36.1 Å². The number of hydrogen-bond donors (Lipinski definition) is 5. The van der Waals surface area contributed by atoms with Crippen LogP contribution in [0.1, 0.15) is 96.3 Å². The van der Waals surface area contributed by atoms with Crippen LogP contribution in [0.25, 0.3) is 11.3 Å². The Kier molecular flexibility index (Phi) is 19.1. The summed E-state index contributed by atoms with van der Waals surface area (Å²) in [6, 6.07) is 14.7. The smallest absolute Gasteiger partial charge is 0.315 e. The van der Waals surface area contributed by atoms with Crippen molar-refractivity contribution in [2.24, 2.45) is 0 Å². The van der Waals surface area contributed by atoms with Gasteiger partial charge in [0.25, 0.3) is 11.8 Å². The predicted octanol–water partition coefficient (Wildman–Crippen LogP) is 5.72. The molecular weight excluding hydrogens is 848 g/mol. The molecule has 1 saturated carbocycles. The molecule has 6 rings (SSSR count). The summed E-state index contributed by atoms with van der Waals surface area (Å²) < 4.78 is 18.5. The van der Waals surface area contributed by atoms with Gasteiger partial charge in [-0.3, -0.25) is 23.9 Å². The summed E-state index contributed by atoms with van der Waals surface area (Å²) in [5, 5.41) is 24.6. The van der Waals surface area contributed by atoms with Crippen molar-refractivity contribution in [1.29, 1.82) is 0 Å². The van der Waals surface area contributed by atoms with Gasteiger partial charge in [-0.15, -0.1) is 5.10 Å². The van der Waals surface area contributed by atoms with Gasteiger partial charge in [0.05, 0.1) is 24.9 Å². The molecule has 63 heavy (non-hydrogen) atoms. The first-order chi connectivity index (χ1) is 30.7. The number of thioether (sulfide) groups is 1. The minimum atomic E-state index is -0.190. The van der Waals surface area contributed by atoms with E-state index in [0.29, 0.717) is 54.3 Å². The molecule has 5 N–H and O–H groups in total. The zero-order valence-corrected chi connectivity index (χ0v) is 37.4. The van der Waals surface area contributed by atoms with E-state index in [1.807, 2.05) is 30.1 Å². The van der Waals surface area contributed by atoms with Gasteiger partial charge in [-0.2, -0.15) is 11.8 Å². The Morgan fingerprint density at radius 3 is 2.11 bits per heavy atom. The molecule has 0 radical (unpaired) electrons. The Morgan fingerprint density at radius 2 is 1.41 bits per heavy atom. The van der Waals surface area contributed by atoms with Crippen LogP contribution in [-0.2, 0) is 30.5 Å². The molecule has 3 aromatic rings.